The molecular formula is C14H18BrF3O. The van der Waals surface area contributed by atoms with Crippen LogP contribution >= 0.6 is 15.9 Å². The Hall–Kier alpha value is -0.710. The molecule has 0 aliphatic carbocycles. The van der Waals surface area contributed by atoms with Crippen molar-refractivity contribution in [3.8, 4) is 5.75 Å². The molecular weight excluding hydrogens is 321 g/mol. The minimum atomic E-state index is -4.40. The van der Waals surface area contributed by atoms with Crippen molar-refractivity contribution in [2.24, 2.45) is 11.8 Å². The summed E-state index contributed by atoms with van der Waals surface area (Å²) in [5.74, 6) is 0.627. The number of hydrogen-bond acceptors (Lipinski definition) is 1. The second-order valence-corrected chi connectivity index (χ2v) is 6.10. The first-order chi connectivity index (χ1) is 8.70. The first-order valence-corrected chi connectivity index (χ1v) is 6.99. The maximum atomic E-state index is 12.9. The highest BCUT2D eigenvalue weighted by Gasteiger charge is 2.34. The highest BCUT2D eigenvalue weighted by molar-refractivity contribution is 9.10. The number of ether oxygens (including phenoxy) is 1. The van der Waals surface area contributed by atoms with Crippen LogP contribution in [-0.4, -0.2) is 6.61 Å². The third kappa shape index (κ3) is 5.43. The van der Waals surface area contributed by atoms with Gasteiger partial charge in [0.1, 0.15) is 5.75 Å². The van der Waals surface area contributed by atoms with Crippen molar-refractivity contribution in [1.29, 1.82) is 0 Å². The van der Waals surface area contributed by atoms with Crippen LogP contribution < -0.4 is 4.74 Å². The van der Waals surface area contributed by atoms with E-state index in [-0.39, 0.29) is 11.7 Å². The van der Waals surface area contributed by atoms with E-state index in [4.69, 9.17) is 4.74 Å². The van der Waals surface area contributed by atoms with Gasteiger partial charge in [-0.3, -0.25) is 0 Å². The number of halogens is 4. The first-order valence-electron chi connectivity index (χ1n) is 6.19. The van der Waals surface area contributed by atoms with E-state index < -0.39 is 11.7 Å². The van der Waals surface area contributed by atoms with E-state index in [2.05, 4.69) is 29.8 Å². The van der Waals surface area contributed by atoms with Crippen LogP contribution in [-0.2, 0) is 6.18 Å². The molecule has 0 spiro atoms. The van der Waals surface area contributed by atoms with Crippen LogP contribution in [0.25, 0.3) is 0 Å². The van der Waals surface area contributed by atoms with Crippen LogP contribution in [0.15, 0.2) is 22.7 Å². The third-order valence-electron chi connectivity index (χ3n) is 2.64. The molecule has 19 heavy (non-hydrogen) atoms. The summed E-state index contributed by atoms with van der Waals surface area (Å²) in [6, 6.07) is 3.95. The lowest BCUT2D eigenvalue weighted by molar-refractivity contribution is -0.139. The molecule has 0 amide bonds. The zero-order valence-corrected chi connectivity index (χ0v) is 12.8. The Kier molecular flexibility index (Phi) is 5.71. The summed E-state index contributed by atoms with van der Waals surface area (Å²) in [5, 5.41) is 0. The predicted molar refractivity (Wildman–Crippen MR) is 73.3 cm³/mol. The molecule has 1 atom stereocenters. The third-order valence-corrected chi connectivity index (χ3v) is 3.14. The molecule has 0 radical (unpaired) electrons. The molecule has 0 aromatic heterocycles. The van der Waals surface area contributed by atoms with Crippen LogP contribution in [0.3, 0.4) is 0 Å². The molecule has 1 rings (SSSR count). The molecule has 0 N–H and O–H groups in total. The molecule has 1 aromatic rings. The van der Waals surface area contributed by atoms with Crippen LogP contribution in [0.4, 0.5) is 13.2 Å². The van der Waals surface area contributed by atoms with Gasteiger partial charge >= 0.3 is 6.18 Å². The lowest BCUT2D eigenvalue weighted by Crippen LogP contribution is -2.14. The summed E-state index contributed by atoms with van der Waals surface area (Å²) in [6.07, 6.45) is -3.47. The summed E-state index contributed by atoms with van der Waals surface area (Å²) < 4.78 is 44.3. The van der Waals surface area contributed by atoms with Gasteiger partial charge < -0.3 is 4.74 Å². The number of rotatable bonds is 5. The van der Waals surface area contributed by atoms with Crippen molar-refractivity contribution in [3.63, 3.8) is 0 Å². The lowest BCUT2D eigenvalue weighted by atomic mass is 10.00. The molecule has 108 valence electrons. The SMILES string of the molecule is CC(C)C[C@@H](C)COc1ccc(Br)cc1C(F)(F)F. The maximum absolute atomic E-state index is 12.9. The van der Waals surface area contributed by atoms with Crippen molar-refractivity contribution >= 4 is 15.9 Å². The van der Waals surface area contributed by atoms with Gasteiger partial charge in [0.15, 0.2) is 0 Å². The summed E-state index contributed by atoms with van der Waals surface area (Å²) in [7, 11) is 0. The average Bonchev–Trinajstić information content (AvgIpc) is 2.25. The molecule has 0 unspecified atom stereocenters. The molecule has 0 bridgehead atoms. The quantitative estimate of drug-likeness (QED) is 0.685. The largest absolute Gasteiger partial charge is 0.493 e. The lowest BCUT2D eigenvalue weighted by Gasteiger charge is -2.18. The highest BCUT2D eigenvalue weighted by Crippen LogP contribution is 2.38. The van der Waals surface area contributed by atoms with Crippen molar-refractivity contribution in [2.75, 3.05) is 6.61 Å². The Bertz CT molecular complexity index is 416. The van der Waals surface area contributed by atoms with Gasteiger partial charge in [-0.2, -0.15) is 13.2 Å². The normalized spacial score (nSPS) is 13.7. The van der Waals surface area contributed by atoms with Gasteiger partial charge in [-0.05, 0) is 36.5 Å². The highest BCUT2D eigenvalue weighted by atomic mass is 79.9. The Labute approximate surface area is 120 Å². The standard InChI is InChI=1S/C14H18BrF3O/c1-9(2)6-10(3)8-19-13-5-4-11(15)7-12(13)14(16,17)18/h4-5,7,9-10H,6,8H2,1-3H3/t10-/m1/s1. The van der Waals surface area contributed by atoms with Gasteiger partial charge in [0.05, 0.1) is 12.2 Å². The van der Waals surface area contributed by atoms with E-state index in [1.165, 1.54) is 6.07 Å². The second-order valence-electron chi connectivity index (χ2n) is 5.18. The first kappa shape index (κ1) is 16.3. The molecule has 0 aliphatic heterocycles. The fourth-order valence-electron chi connectivity index (χ4n) is 1.95. The number of benzene rings is 1. The topological polar surface area (TPSA) is 9.23 Å². The summed E-state index contributed by atoms with van der Waals surface area (Å²) >= 11 is 3.05. The molecule has 5 heteroatoms. The molecule has 0 heterocycles. The van der Waals surface area contributed by atoms with Gasteiger partial charge in [0.2, 0.25) is 0 Å². The Morgan fingerprint density at radius 3 is 2.37 bits per heavy atom. The Morgan fingerprint density at radius 2 is 1.84 bits per heavy atom. The fourth-order valence-corrected chi connectivity index (χ4v) is 2.32. The molecule has 0 fully saturated rings. The number of hydrogen-bond donors (Lipinski definition) is 0. The number of alkyl halides is 3. The van der Waals surface area contributed by atoms with E-state index in [1.807, 2.05) is 6.92 Å². The average molecular weight is 339 g/mol. The van der Waals surface area contributed by atoms with Crippen LogP contribution in [0.1, 0.15) is 32.8 Å². The van der Waals surface area contributed by atoms with Crippen LogP contribution in [0.2, 0.25) is 0 Å². The van der Waals surface area contributed by atoms with Crippen molar-refractivity contribution in [3.05, 3.63) is 28.2 Å². The monoisotopic (exact) mass is 338 g/mol. The molecule has 0 saturated carbocycles. The summed E-state index contributed by atoms with van der Waals surface area (Å²) in [4.78, 5) is 0. The van der Waals surface area contributed by atoms with Gasteiger partial charge in [-0.15, -0.1) is 0 Å². The van der Waals surface area contributed by atoms with Crippen molar-refractivity contribution < 1.29 is 17.9 Å². The predicted octanol–water partition coefficient (Wildman–Crippen LogP) is 5.53. The fraction of sp³-hybridized carbons (Fsp3) is 0.571. The maximum Gasteiger partial charge on any atom is 0.420 e. The smallest absolute Gasteiger partial charge is 0.420 e. The van der Waals surface area contributed by atoms with E-state index in [0.717, 1.165) is 12.5 Å². The van der Waals surface area contributed by atoms with Crippen molar-refractivity contribution in [2.45, 2.75) is 33.4 Å². The Morgan fingerprint density at radius 1 is 1.21 bits per heavy atom. The minimum absolute atomic E-state index is 0.105. The molecule has 0 saturated heterocycles. The second kappa shape index (κ2) is 6.64. The van der Waals surface area contributed by atoms with Gasteiger partial charge in [0.25, 0.3) is 0 Å². The molecule has 1 aromatic carbocycles. The van der Waals surface area contributed by atoms with Gasteiger partial charge in [-0.1, -0.05) is 36.7 Å². The van der Waals surface area contributed by atoms with E-state index in [0.29, 0.717) is 17.0 Å². The summed E-state index contributed by atoms with van der Waals surface area (Å²) in [5.41, 5.74) is -0.737. The molecule has 1 nitrogen and oxygen atoms in total. The van der Waals surface area contributed by atoms with E-state index in [9.17, 15) is 13.2 Å². The van der Waals surface area contributed by atoms with Crippen LogP contribution in [0, 0.1) is 11.8 Å². The zero-order chi connectivity index (χ0) is 14.6. The van der Waals surface area contributed by atoms with Crippen molar-refractivity contribution in [1.82, 2.24) is 0 Å². The Balaban J connectivity index is 2.78. The summed E-state index contributed by atoms with van der Waals surface area (Å²) in [6.45, 7) is 6.43. The van der Waals surface area contributed by atoms with Crippen LogP contribution in [0.5, 0.6) is 5.75 Å². The van der Waals surface area contributed by atoms with Gasteiger partial charge in [0, 0.05) is 4.47 Å². The van der Waals surface area contributed by atoms with Gasteiger partial charge in [-0.25, -0.2) is 0 Å². The van der Waals surface area contributed by atoms with E-state index in [1.54, 1.807) is 6.07 Å². The zero-order valence-electron chi connectivity index (χ0n) is 11.2. The molecule has 0 aliphatic rings. The van der Waals surface area contributed by atoms with E-state index >= 15 is 0 Å². The minimum Gasteiger partial charge on any atom is -0.493 e.